The van der Waals surface area contributed by atoms with Crippen LogP contribution in [-0.2, 0) is 0 Å². The zero-order valence-corrected chi connectivity index (χ0v) is 13.0. The van der Waals surface area contributed by atoms with Crippen LogP contribution in [0.3, 0.4) is 0 Å². The van der Waals surface area contributed by atoms with Crippen LogP contribution in [-0.4, -0.2) is 29.9 Å². The highest BCUT2D eigenvalue weighted by Gasteiger charge is 2.35. The van der Waals surface area contributed by atoms with E-state index in [1.165, 1.54) is 38.5 Å². The van der Waals surface area contributed by atoms with Gasteiger partial charge in [0.1, 0.15) is 0 Å². The second-order valence-corrected chi connectivity index (χ2v) is 6.36. The molecule has 0 radical (unpaired) electrons. The molecule has 0 spiro atoms. The highest BCUT2D eigenvalue weighted by atomic mass is 16.2. The molecular formula is C18H26N2O. The van der Waals surface area contributed by atoms with Crippen molar-refractivity contribution in [3.8, 4) is 0 Å². The predicted octanol–water partition coefficient (Wildman–Crippen LogP) is 3.91. The van der Waals surface area contributed by atoms with Crippen molar-refractivity contribution in [3.63, 3.8) is 0 Å². The van der Waals surface area contributed by atoms with E-state index in [0.717, 1.165) is 30.3 Å². The predicted molar refractivity (Wildman–Crippen MR) is 86.6 cm³/mol. The number of rotatable bonds is 3. The molecular weight excluding hydrogens is 260 g/mol. The maximum Gasteiger partial charge on any atom is 0.254 e. The minimum absolute atomic E-state index is 0.231. The molecule has 3 nitrogen and oxygen atoms in total. The summed E-state index contributed by atoms with van der Waals surface area (Å²) in [5.74, 6) is 0.979. The smallest absolute Gasteiger partial charge is 0.254 e. The lowest BCUT2D eigenvalue weighted by molar-refractivity contribution is 0.0391. The minimum atomic E-state index is 0.231. The van der Waals surface area contributed by atoms with Crippen molar-refractivity contribution in [3.05, 3.63) is 29.8 Å². The number of benzene rings is 1. The Morgan fingerprint density at radius 1 is 1.14 bits per heavy atom. The fourth-order valence-electron chi connectivity index (χ4n) is 3.98. The molecule has 114 valence electrons. The molecule has 2 atom stereocenters. The van der Waals surface area contributed by atoms with Gasteiger partial charge in [-0.15, -0.1) is 0 Å². The van der Waals surface area contributed by atoms with Crippen LogP contribution in [0.2, 0.25) is 0 Å². The van der Waals surface area contributed by atoms with Crippen LogP contribution in [0.15, 0.2) is 24.3 Å². The van der Waals surface area contributed by atoms with Crippen molar-refractivity contribution >= 4 is 11.6 Å². The van der Waals surface area contributed by atoms with Gasteiger partial charge in [-0.25, -0.2) is 0 Å². The number of fused-ring (bicyclic) bond motifs is 1. The Morgan fingerprint density at radius 2 is 1.86 bits per heavy atom. The average molecular weight is 286 g/mol. The monoisotopic (exact) mass is 286 g/mol. The molecule has 2 fully saturated rings. The third-order valence-electron chi connectivity index (χ3n) is 5.02. The maximum atomic E-state index is 12.8. The Kier molecular flexibility index (Phi) is 4.47. The van der Waals surface area contributed by atoms with Crippen LogP contribution in [0, 0.1) is 5.92 Å². The quantitative estimate of drug-likeness (QED) is 0.913. The Labute approximate surface area is 127 Å². The molecule has 1 aliphatic carbocycles. The summed E-state index contributed by atoms with van der Waals surface area (Å²) in [7, 11) is 0. The molecule has 1 N–H and O–H groups in total. The van der Waals surface area contributed by atoms with E-state index in [9.17, 15) is 4.79 Å². The average Bonchev–Trinajstić information content (AvgIpc) is 2.55. The van der Waals surface area contributed by atoms with Crippen LogP contribution in [0.4, 0.5) is 5.69 Å². The van der Waals surface area contributed by atoms with E-state index in [2.05, 4.69) is 17.1 Å². The van der Waals surface area contributed by atoms with Gasteiger partial charge in [0.2, 0.25) is 0 Å². The lowest BCUT2D eigenvalue weighted by Crippen LogP contribution is -2.49. The number of amides is 1. The fourth-order valence-corrected chi connectivity index (χ4v) is 3.98. The van der Waals surface area contributed by atoms with Gasteiger partial charge in [-0.05, 0) is 62.8 Å². The molecule has 1 aromatic carbocycles. The summed E-state index contributed by atoms with van der Waals surface area (Å²) < 4.78 is 0. The molecule has 21 heavy (non-hydrogen) atoms. The molecule has 3 heteroatoms. The normalized spacial score (nSPS) is 25.3. The van der Waals surface area contributed by atoms with Gasteiger partial charge in [0.25, 0.3) is 5.91 Å². The molecule has 1 saturated heterocycles. The number of carbonyl (C=O) groups is 1. The van der Waals surface area contributed by atoms with Gasteiger partial charge in [-0.2, -0.15) is 0 Å². The number of piperidine rings is 1. The van der Waals surface area contributed by atoms with Crippen LogP contribution in [0.5, 0.6) is 0 Å². The summed E-state index contributed by atoms with van der Waals surface area (Å²) in [5, 5.41) is 3.27. The number of nitrogens with zero attached hydrogens (tertiary/aromatic N) is 1. The molecule has 1 amide bonds. The highest BCUT2D eigenvalue weighted by molar-refractivity contribution is 5.94. The van der Waals surface area contributed by atoms with E-state index in [1.54, 1.807) is 0 Å². The molecule has 2 aliphatic rings. The Bertz CT molecular complexity index is 480. The van der Waals surface area contributed by atoms with Gasteiger partial charge < -0.3 is 10.2 Å². The van der Waals surface area contributed by atoms with E-state index in [0.29, 0.717) is 6.04 Å². The molecule has 1 aromatic rings. The lowest BCUT2D eigenvalue weighted by Gasteiger charge is -2.44. The van der Waals surface area contributed by atoms with E-state index < -0.39 is 0 Å². The minimum Gasteiger partial charge on any atom is -0.385 e. The van der Waals surface area contributed by atoms with Gasteiger partial charge in [-0.1, -0.05) is 12.8 Å². The van der Waals surface area contributed by atoms with E-state index >= 15 is 0 Å². The molecule has 3 rings (SSSR count). The van der Waals surface area contributed by atoms with Gasteiger partial charge in [0, 0.05) is 30.4 Å². The fraction of sp³-hybridized carbons (Fsp3) is 0.611. The van der Waals surface area contributed by atoms with Crippen molar-refractivity contribution in [1.29, 1.82) is 0 Å². The lowest BCUT2D eigenvalue weighted by atomic mass is 9.78. The van der Waals surface area contributed by atoms with Crippen LogP contribution < -0.4 is 5.32 Å². The first kappa shape index (κ1) is 14.4. The maximum absolute atomic E-state index is 12.8. The zero-order valence-electron chi connectivity index (χ0n) is 13.0. The molecule has 0 aromatic heterocycles. The molecule has 1 saturated carbocycles. The molecule has 1 heterocycles. The second-order valence-electron chi connectivity index (χ2n) is 6.36. The standard InChI is InChI=1S/C18H26N2O/c1-2-19-16-11-9-15(10-12-16)18(21)20-13-5-7-14-6-3-4-8-17(14)20/h9-12,14,17,19H,2-8,13H2,1H3/t14-,17-/m1/s1. The first-order chi connectivity index (χ1) is 10.3. The van der Waals surface area contributed by atoms with Gasteiger partial charge in [0.05, 0.1) is 0 Å². The summed E-state index contributed by atoms with van der Waals surface area (Å²) >= 11 is 0. The van der Waals surface area contributed by atoms with E-state index in [4.69, 9.17) is 0 Å². The number of nitrogens with one attached hydrogen (secondary N) is 1. The van der Waals surface area contributed by atoms with Gasteiger partial charge >= 0.3 is 0 Å². The highest BCUT2D eigenvalue weighted by Crippen LogP contribution is 2.35. The second kappa shape index (κ2) is 6.50. The van der Waals surface area contributed by atoms with Crippen molar-refractivity contribution in [2.75, 3.05) is 18.4 Å². The number of carbonyl (C=O) groups excluding carboxylic acids is 1. The summed E-state index contributed by atoms with van der Waals surface area (Å²) in [6.07, 6.45) is 7.63. The summed E-state index contributed by atoms with van der Waals surface area (Å²) in [5.41, 5.74) is 1.92. The first-order valence-corrected chi connectivity index (χ1v) is 8.44. The Balaban J connectivity index is 1.73. The molecule has 0 unspecified atom stereocenters. The van der Waals surface area contributed by atoms with Crippen molar-refractivity contribution in [2.24, 2.45) is 5.92 Å². The van der Waals surface area contributed by atoms with Crippen molar-refractivity contribution in [2.45, 2.75) is 51.5 Å². The third-order valence-corrected chi connectivity index (χ3v) is 5.02. The van der Waals surface area contributed by atoms with Crippen LogP contribution in [0.25, 0.3) is 0 Å². The number of hydrogen-bond acceptors (Lipinski definition) is 2. The van der Waals surface area contributed by atoms with E-state index in [1.807, 2.05) is 24.3 Å². The summed E-state index contributed by atoms with van der Waals surface area (Å²) in [6, 6.07) is 8.45. The summed E-state index contributed by atoms with van der Waals surface area (Å²) in [4.78, 5) is 15.0. The number of anilines is 1. The van der Waals surface area contributed by atoms with Gasteiger partial charge in [0.15, 0.2) is 0 Å². The molecule has 0 bridgehead atoms. The Morgan fingerprint density at radius 3 is 2.62 bits per heavy atom. The molecule has 1 aliphatic heterocycles. The topological polar surface area (TPSA) is 32.3 Å². The number of hydrogen-bond donors (Lipinski definition) is 1. The van der Waals surface area contributed by atoms with Crippen LogP contribution in [0.1, 0.15) is 55.8 Å². The zero-order chi connectivity index (χ0) is 14.7. The SMILES string of the molecule is CCNc1ccc(C(=O)N2CCC[C@H]3CCCC[C@H]32)cc1. The van der Waals surface area contributed by atoms with Crippen molar-refractivity contribution < 1.29 is 4.79 Å². The van der Waals surface area contributed by atoms with E-state index in [-0.39, 0.29) is 5.91 Å². The third kappa shape index (κ3) is 3.07. The summed E-state index contributed by atoms with van der Waals surface area (Å²) in [6.45, 7) is 3.92. The van der Waals surface area contributed by atoms with Gasteiger partial charge in [-0.3, -0.25) is 4.79 Å². The van der Waals surface area contributed by atoms with Crippen LogP contribution >= 0.6 is 0 Å². The largest absolute Gasteiger partial charge is 0.385 e. The van der Waals surface area contributed by atoms with Crippen molar-refractivity contribution in [1.82, 2.24) is 4.90 Å². The Hall–Kier alpha value is -1.51. The first-order valence-electron chi connectivity index (χ1n) is 8.44. The number of likely N-dealkylation sites (tertiary alicyclic amines) is 1.